The molecule has 0 aliphatic carbocycles. The number of piperazine rings is 1. The van der Waals surface area contributed by atoms with Gasteiger partial charge in [0.05, 0.1) is 5.52 Å². The fourth-order valence-corrected chi connectivity index (χ4v) is 2.69. The minimum Gasteiger partial charge on any atom is -0.327 e. The van der Waals surface area contributed by atoms with E-state index in [4.69, 9.17) is 0 Å². The summed E-state index contributed by atoms with van der Waals surface area (Å²) in [7, 11) is 0. The highest BCUT2D eigenvalue weighted by Gasteiger charge is 2.29. The zero-order chi connectivity index (χ0) is 12.6. The summed E-state index contributed by atoms with van der Waals surface area (Å²) in [5.74, 6) is 0. The van der Waals surface area contributed by atoms with Gasteiger partial charge in [-0.2, -0.15) is 0 Å². The van der Waals surface area contributed by atoms with Crippen molar-refractivity contribution in [1.29, 1.82) is 0 Å². The Balaban J connectivity index is 0.00000133. The number of rotatable bonds is 2. The predicted molar refractivity (Wildman–Crippen MR) is 79.1 cm³/mol. The molecule has 1 aliphatic rings. The quantitative estimate of drug-likeness (QED) is 0.823. The van der Waals surface area contributed by atoms with Crippen molar-refractivity contribution < 1.29 is 4.79 Å². The zero-order valence-electron chi connectivity index (χ0n) is 10.8. The Labute approximate surface area is 118 Å². The number of nitrogens with zero attached hydrogens (tertiary/aromatic N) is 1. The van der Waals surface area contributed by atoms with E-state index in [-0.39, 0.29) is 18.1 Å². The van der Waals surface area contributed by atoms with E-state index in [0.717, 1.165) is 42.4 Å². The van der Waals surface area contributed by atoms with Crippen molar-refractivity contribution in [2.24, 2.45) is 0 Å². The average molecular weight is 280 g/mol. The zero-order valence-corrected chi connectivity index (χ0v) is 11.7. The van der Waals surface area contributed by atoms with Crippen molar-refractivity contribution >= 4 is 29.6 Å². The van der Waals surface area contributed by atoms with Crippen molar-refractivity contribution in [1.82, 2.24) is 15.2 Å². The summed E-state index contributed by atoms with van der Waals surface area (Å²) in [5, 5.41) is 7.93. The van der Waals surface area contributed by atoms with E-state index < -0.39 is 0 Å². The topological polar surface area (TPSA) is 46.1 Å². The third-order valence-corrected chi connectivity index (χ3v) is 3.68. The lowest BCUT2D eigenvalue weighted by Gasteiger charge is -2.37. The summed E-state index contributed by atoms with van der Waals surface area (Å²) in [6.07, 6.45) is 2.87. The first-order chi connectivity index (χ1) is 8.74. The number of aldehydes is 1. The highest BCUT2D eigenvalue weighted by molar-refractivity contribution is 5.97. The van der Waals surface area contributed by atoms with E-state index in [1.54, 1.807) is 0 Å². The molecule has 0 bridgehead atoms. The third-order valence-electron chi connectivity index (χ3n) is 3.68. The molecule has 102 valence electrons. The minimum absolute atomic E-state index is 0. The molecular formula is C14H18ClN3O. The van der Waals surface area contributed by atoms with Crippen LogP contribution < -0.4 is 10.6 Å². The van der Waals surface area contributed by atoms with Gasteiger partial charge in [0.15, 0.2) is 6.29 Å². The number of carbonyl (C=O) groups is 1. The molecule has 0 saturated carbocycles. The molecule has 1 saturated heterocycles. The highest BCUT2D eigenvalue weighted by Crippen LogP contribution is 2.26. The molecule has 1 atom stereocenters. The van der Waals surface area contributed by atoms with Crippen LogP contribution >= 0.6 is 12.4 Å². The van der Waals surface area contributed by atoms with Gasteiger partial charge in [0.25, 0.3) is 0 Å². The molecular weight excluding hydrogens is 262 g/mol. The van der Waals surface area contributed by atoms with Gasteiger partial charge in [-0.1, -0.05) is 18.2 Å². The Bertz CT molecular complexity index is 587. The molecule has 2 aromatic rings. The summed E-state index contributed by atoms with van der Waals surface area (Å²) in [5.41, 5.74) is 1.66. The largest absolute Gasteiger partial charge is 0.327 e. The van der Waals surface area contributed by atoms with Crippen LogP contribution in [0.3, 0.4) is 0 Å². The number of nitrogens with one attached hydrogen (secondary N) is 2. The van der Waals surface area contributed by atoms with E-state index in [9.17, 15) is 4.79 Å². The van der Waals surface area contributed by atoms with Gasteiger partial charge in [-0.25, -0.2) is 0 Å². The number of halogens is 1. The maximum atomic E-state index is 11.2. The lowest BCUT2D eigenvalue weighted by Crippen LogP contribution is -2.58. The van der Waals surface area contributed by atoms with Gasteiger partial charge in [-0.3, -0.25) is 10.1 Å². The first kappa shape index (κ1) is 14.1. The molecule has 0 radical (unpaired) electrons. The molecule has 0 amide bonds. The molecule has 4 nitrogen and oxygen atoms in total. The Hall–Kier alpha value is -1.36. The molecule has 1 fully saturated rings. The fraction of sp³-hybridized carbons (Fsp3) is 0.357. The van der Waals surface area contributed by atoms with Gasteiger partial charge in [0, 0.05) is 36.8 Å². The minimum atomic E-state index is -0.181. The second kappa shape index (κ2) is 5.33. The number of benzene rings is 1. The number of fused-ring (bicyclic) bond motifs is 1. The van der Waals surface area contributed by atoms with Crippen molar-refractivity contribution in [3.05, 3.63) is 36.0 Å². The Morgan fingerprint density at radius 1 is 1.32 bits per heavy atom. The van der Waals surface area contributed by atoms with E-state index in [1.165, 1.54) is 0 Å². The van der Waals surface area contributed by atoms with Crippen LogP contribution in [0.1, 0.15) is 17.3 Å². The van der Waals surface area contributed by atoms with Gasteiger partial charge in [0.1, 0.15) is 5.66 Å². The lowest BCUT2D eigenvalue weighted by molar-refractivity contribution is 0.112. The fourth-order valence-electron chi connectivity index (χ4n) is 2.69. The molecule has 1 aromatic heterocycles. The van der Waals surface area contributed by atoms with E-state index in [1.807, 2.05) is 24.4 Å². The number of aromatic nitrogens is 1. The first-order valence-electron chi connectivity index (χ1n) is 6.26. The second-order valence-electron chi connectivity index (χ2n) is 4.97. The van der Waals surface area contributed by atoms with E-state index in [2.05, 4.69) is 28.2 Å². The Morgan fingerprint density at radius 2 is 2.11 bits per heavy atom. The van der Waals surface area contributed by atoms with Crippen LogP contribution in [0.2, 0.25) is 0 Å². The maximum Gasteiger partial charge on any atom is 0.152 e. The van der Waals surface area contributed by atoms with Crippen LogP contribution in [-0.4, -0.2) is 30.5 Å². The Morgan fingerprint density at radius 3 is 2.79 bits per heavy atom. The SMILES string of the molecule is C[C@@]1(n2cc(C=O)c3ccccc32)CNCCN1.Cl. The highest BCUT2D eigenvalue weighted by atomic mass is 35.5. The molecule has 19 heavy (non-hydrogen) atoms. The summed E-state index contributed by atoms with van der Waals surface area (Å²) >= 11 is 0. The number of para-hydroxylation sites is 1. The maximum absolute atomic E-state index is 11.2. The van der Waals surface area contributed by atoms with Gasteiger partial charge >= 0.3 is 0 Å². The number of carbonyl (C=O) groups excluding carboxylic acids is 1. The summed E-state index contributed by atoms with van der Waals surface area (Å²) in [6, 6.07) is 8.03. The van der Waals surface area contributed by atoms with Gasteiger partial charge in [0.2, 0.25) is 0 Å². The van der Waals surface area contributed by atoms with Gasteiger partial charge < -0.3 is 9.88 Å². The monoisotopic (exact) mass is 279 g/mol. The first-order valence-corrected chi connectivity index (χ1v) is 6.26. The van der Waals surface area contributed by atoms with Gasteiger partial charge in [-0.15, -0.1) is 12.4 Å². The summed E-state index contributed by atoms with van der Waals surface area (Å²) < 4.78 is 2.16. The Kier molecular flexibility index (Phi) is 3.94. The van der Waals surface area contributed by atoms with E-state index in [0.29, 0.717) is 0 Å². The molecule has 0 spiro atoms. The molecule has 2 heterocycles. The summed E-state index contributed by atoms with van der Waals surface area (Å²) in [4.78, 5) is 11.2. The smallest absolute Gasteiger partial charge is 0.152 e. The van der Waals surface area contributed by atoms with Crippen LogP contribution in [0.4, 0.5) is 0 Å². The van der Waals surface area contributed by atoms with Crippen LogP contribution in [-0.2, 0) is 5.66 Å². The van der Waals surface area contributed by atoms with Crippen LogP contribution in [0.5, 0.6) is 0 Å². The van der Waals surface area contributed by atoms with Crippen molar-refractivity contribution in [3.8, 4) is 0 Å². The molecule has 1 aliphatic heterocycles. The third kappa shape index (κ3) is 2.27. The number of hydrogen-bond acceptors (Lipinski definition) is 3. The van der Waals surface area contributed by atoms with Gasteiger partial charge in [-0.05, 0) is 13.0 Å². The predicted octanol–water partition coefficient (Wildman–Crippen LogP) is 1.74. The van der Waals surface area contributed by atoms with Crippen molar-refractivity contribution in [2.75, 3.05) is 19.6 Å². The standard InChI is InChI=1S/C14H17N3O.ClH/c1-14(10-15-6-7-16-14)17-8-11(9-18)12-4-2-3-5-13(12)17;/h2-5,8-9,15-16H,6-7,10H2,1H3;1H/t14-;/m1./s1. The van der Waals surface area contributed by atoms with E-state index >= 15 is 0 Å². The van der Waals surface area contributed by atoms with Crippen molar-refractivity contribution in [3.63, 3.8) is 0 Å². The lowest BCUT2D eigenvalue weighted by atomic mass is 10.1. The van der Waals surface area contributed by atoms with Crippen molar-refractivity contribution in [2.45, 2.75) is 12.6 Å². The molecule has 2 N–H and O–H groups in total. The van der Waals surface area contributed by atoms with Crippen LogP contribution in [0, 0.1) is 0 Å². The van der Waals surface area contributed by atoms with Crippen LogP contribution in [0.15, 0.2) is 30.5 Å². The molecule has 5 heteroatoms. The van der Waals surface area contributed by atoms with Crippen LogP contribution in [0.25, 0.3) is 10.9 Å². The average Bonchev–Trinajstić information content (AvgIpc) is 2.79. The second-order valence-corrected chi connectivity index (χ2v) is 4.97. The summed E-state index contributed by atoms with van der Waals surface area (Å²) in [6.45, 7) is 4.92. The molecule has 1 aromatic carbocycles. The molecule has 0 unspecified atom stereocenters. The molecule has 3 rings (SSSR count). The number of hydrogen-bond donors (Lipinski definition) is 2. The normalized spacial score (nSPS) is 23.0.